The van der Waals surface area contributed by atoms with E-state index in [1.54, 1.807) is 0 Å². The largest absolute Gasteiger partial charge is 0.481 e. The van der Waals surface area contributed by atoms with Gasteiger partial charge in [0.2, 0.25) is 0 Å². The van der Waals surface area contributed by atoms with E-state index in [2.05, 4.69) is 41.5 Å². The lowest BCUT2D eigenvalue weighted by Gasteiger charge is -2.70. The van der Waals surface area contributed by atoms with Gasteiger partial charge in [-0.05, 0) is 104 Å². The second-order valence-electron chi connectivity index (χ2n) is 15.1. The molecule has 1 N–H and O–H groups in total. The Labute approximate surface area is 216 Å². The summed E-state index contributed by atoms with van der Waals surface area (Å²) in [6.07, 6.45) is 10.0. The van der Waals surface area contributed by atoms with Gasteiger partial charge in [-0.3, -0.25) is 14.4 Å². The molecule has 9 atom stereocenters. The van der Waals surface area contributed by atoms with Crippen LogP contribution in [0.2, 0.25) is 0 Å². The Hall–Kier alpha value is -1.65. The summed E-state index contributed by atoms with van der Waals surface area (Å²) in [5.41, 5.74) is -0.00661. The van der Waals surface area contributed by atoms with Crippen LogP contribution in [0.15, 0.2) is 11.6 Å². The number of hydrogen-bond donors (Lipinski definition) is 1. The van der Waals surface area contributed by atoms with E-state index in [1.807, 2.05) is 13.0 Å². The number of fused-ring (bicyclic) bond motifs is 7. The van der Waals surface area contributed by atoms with Gasteiger partial charge in [-0.15, -0.1) is 0 Å². The van der Waals surface area contributed by atoms with Crippen LogP contribution in [-0.4, -0.2) is 29.4 Å². The molecule has 4 saturated carbocycles. The fourth-order valence-electron chi connectivity index (χ4n) is 10.7. The minimum Gasteiger partial charge on any atom is -0.481 e. The normalized spacial score (nSPS) is 51.5. The molecule has 0 aromatic rings. The van der Waals surface area contributed by atoms with E-state index < -0.39 is 11.4 Å². The topological polar surface area (TPSA) is 80.7 Å². The van der Waals surface area contributed by atoms with Gasteiger partial charge in [0.25, 0.3) is 6.47 Å². The molecule has 5 nitrogen and oxygen atoms in total. The van der Waals surface area contributed by atoms with Crippen molar-refractivity contribution in [1.29, 1.82) is 0 Å². The zero-order valence-electron chi connectivity index (χ0n) is 23.4. The van der Waals surface area contributed by atoms with Crippen molar-refractivity contribution in [2.45, 2.75) is 112 Å². The van der Waals surface area contributed by atoms with Crippen molar-refractivity contribution in [1.82, 2.24) is 0 Å². The predicted molar refractivity (Wildman–Crippen MR) is 138 cm³/mol. The van der Waals surface area contributed by atoms with Gasteiger partial charge < -0.3 is 9.84 Å². The lowest BCUT2D eigenvalue weighted by molar-refractivity contribution is -0.207. The fourth-order valence-corrected chi connectivity index (χ4v) is 10.7. The number of carboxylic acids is 1. The van der Waals surface area contributed by atoms with Crippen molar-refractivity contribution in [3.63, 3.8) is 0 Å². The Morgan fingerprint density at radius 1 is 0.972 bits per heavy atom. The molecule has 0 saturated heterocycles. The van der Waals surface area contributed by atoms with Crippen LogP contribution >= 0.6 is 0 Å². The Balaban J connectivity index is 1.59. The molecule has 0 aliphatic heterocycles. The molecule has 200 valence electrons. The smallest absolute Gasteiger partial charge is 0.309 e. The SMILES string of the molecule is CC1(C)[C@@H](OC=O)CC[C@]2(C)[C@H]3C(=O)C=C4[C@@H]5C[C@@](C)(C(=O)O)CC[C@]5(C)CC[C@@]4(C)[C@]3(C)CC[C@@H]12. The molecule has 0 heterocycles. The van der Waals surface area contributed by atoms with E-state index in [9.17, 15) is 19.5 Å². The van der Waals surface area contributed by atoms with Crippen LogP contribution in [0, 0.1) is 50.2 Å². The van der Waals surface area contributed by atoms with Gasteiger partial charge in [0, 0.05) is 11.3 Å². The van der Waals surface area contributed by atoms with Crippen molar-refractivity contribution < 1.29 is 24.2 Å². The number of hydrogen-bond acceptors (Lipinski definition) is 4. The first-order valence-corrected chi connectivity index (χ1v) is 14.2. The Kier molecular flexibility index (Phi) is 5.55. The molecule has 36 heavy (non-hydrogen) atoms. The van der Waals surface area contributed by atoms with Gasteiger partial charge in [0.15, 0.2) is 5.78 Å². The van der Waals surface area contributed by atoms with E-state index in [-0.39, 0.29) is 50.8 Å². The van der Waals surface area contributed by atoms with Gasteiger partial charge in [0.05, 0.1) is 5.41 Å². The van der Waals surface area contributed by atoms with Crippen LogP contribution in [0.4, 0.5) is 0 Å². The first kappa shape index (κ1) is 26.0. The third-order valence-corrected chi connectivity index (χ3v) is 13.2. The highest BCUT2D eigenvalue weighted by molar-refractivity contribution is 5.95. The first-order chi connectivity index (χ1) is 16.6. The monoisotopic (exact) mass is 498 g/mol. The number of carbonyl (C=O) groups is 3. The quantitative estimate of drug-likeness (QED) is 0.444. The van der Waals surface area contributed by atoms with E-state index in [0.29, 0.717) is 25.2 Å². The molecule has 0 aromatic heterocycles. The molecule has 0 bridgehead atoms. The van der Waals surface area contributed by atoms with Crippen LogP contribution in [-0.2, 0) is 19.1 Å². The zero-order chi connectivity index (χ0) is 26.5. The molecule has 5 heteroatoms. The second kappa shape index (κ2) is 7.69. The molecule has 0 radical (unpaired) electrons. The van der Waals surface area contributed by atoms with Gasteiger partial charge in [-0.2, -0.15) is 0 Å². The molecule has 5 rings (SSSR count). The van der Waals surface area contributed by atoms with Crippen molar-refractivity contribution in [3.05, 3.63) is 11.6 Å². The minimum absolute atomic E-state index is 0.0623. The van der Waals surface area contributed by atoms with Gasteiger partial charge >= 0.3 is 5.97 Å². The number of allylic oxidation sites excluding steroid dienone is 2. The maximum atomic E-state index is 14.3. The number of ether oxygens (including phenoxy) is 1. The number of ketones is 1. The maximum Gasteiger partial charge on any atom is 0.309 e. The highest BCUT2D eigenvalue weighted by Gasteiger charge is 2.70. The Morgan fingerprint density at radius 2 is 1.64 bits per heavy atom. The number of carboxylic acid groups (broad SMARTS) is 1. The molecule has 0 unspecified atom stereocenters. The molecule has 5 aliphatic rings. The van der Waals surface area contributed by atoms with Crippen molar-refractivity contribution in [2.75, 3.05) is 0 Å². The Morgan fingerprint density at radius 3 is 2.28 bits per heavy atom. The number of carbonyl (C=O) groups excluding carboxylic acids is 2. The summed E-state index contributed by atoms with van der Waals surface area (Å²) in [5, 5.41) is 10.1. The average molecular weight is 499 g/mol. The predicted octanol–water partition coefficient (Wildman–Crippen LogP) is 6.59. The summed E-state index contributed by atoms with van der Waals surface area (Å²) < 4.78 is 5.57. The molecule has 4 fully saturated rings. The van der Waals surface area contributed by atoms with Crippen LogP contribution in [0.5, 0.6) is 0 Å². The van der Waals surface area contributed by atoms with E-state index in [4.69, 9.17) is 4.74 Å². The van der Waals surface area contributed by atoms with Gasteiger partial charge in [-0.1, -0.05) is 47.1 Å². The lowest BCUT2D eigenvalue weighted by Crippen LogP contribution is -2.66. The van der Waals surface area contributed by atoms with Crippen LogP contribution in [0.25, 0.3) is 0 Å². The average Bonchev–Trinajstić information content (AvgIpc) is 2.78. The number of aliphatic carboxylic acids is 1. The highest BCUT2D eigenvalue weighted by Crippen LogP contribution is 2.75. The van der Waals surface area contributed by atoms with Gasteiger partial charge in [-0.25, -0.2) is 0 Å². The van der Waals surface area contributed by atoms with Crippen LogP contribution in [0.1, 0.15) is 106 Å². The van der Waals surface area contributed by atoms with Crippen LogP contribution < -0.4 is 0 Å². The maximum absolute atomic E-state index is 14.3. The summed E-state index contributed by atoms with van der Waals surface area (Å²) in [4.78, 5) is 37.8. The number of rotatable bonds is 3. The standard InChI is InChI=1S/C31H46O5/c1-26(2)22-8-11-31(7)24(29(22,5)10-9-23(26)36-18-32)21(33)16-19-20-17-28(4,25(34)35)13-12-27(20,3)14-15-30(19,31)6/h16,18,20,22-24H,8-15,17H2,1-7H3,(H,34,35)/t20-,22-,23-,24+,27+,28-,29-,30+,31+/m0/s1. The highest BCUT2D eigenvalue weighted by atomic mass is 16.5. The fraction of sp³-hybridized carbons (Fsp3) is 0.839. The molecule has 0 aromatic carbocycles. The summed E-state index contributed by atoms with van der Waals surface area (Å²) in [7, 11) is 0. The molecule has 0 spiro atoms. The summed E-state index contributed by atoms with van der Waals surface area (Å²) in [5.74, 6) is -0.0508. The molecule has 0 amide bonds. The van der Waals surface area contributed by atoms with Crippen LogP contribution in [0.3, 0.4) is 0 Å². The van der Waals surface area contributed by atoms with Gasteiger partial charge in [0.1, 0.15) is 6.10 Å². The molecular formula is C31H46O5. The van der Waals surface area contributed by atoms with E-state index in [1.165, 1.54) is 5.57 Å². The third-order valence-electron chi connectivity index (χ3n) is 13.2. The van der Waals surface area contributed by atoms with Crippen molar-refractivity contribution >= 4 is 18.2 Å². The molecule has 5 aliphatic carbocycles. The Bertz CT molecular complexity index is 1030. The van der Waals surface area contributed by atoms with Crippen molar-refractivity contribution in [2.24, 2.45) is 50.2 Å². The summed E-state index contributed by atoms with van der Waals surface area (Å²) >= 11 is 0. The second-order valence-corrected chi connectivity index (χ2v) is 15.1. The lowest BCUT2D eigenvalue weighted by atomic mass is 9.33. The first-order valence-electron chi connectivity index (χ1n) is 14.2. The minimum atomic E-state index is -0.727. The summed E-state index contributed by atoms with van der Waals surface area (Å²) in [6, 6.07) is 0. The van der Waals surface area contributed by atoms with Crippen molar-refractivity contribution in [3.8, 4) is 0 Å². The third kappa shape index (κ3) is 3.10. The van der Waals surface area contributed by atoms with E-state index >= 15 is 0 Å². The van der Waals surface area contributed by atoms with E-state index in [0.717, 1.165) is 44.9 Å². The zero-order valence-corrected chi connectivity index (χ0v) is 23.4. The molecular weight excluding hydrogens is 452 g/mol. The summed E-state index contributed by atoms with van der Waals surface area (Å²) in [6.45, 7) is 16.4.